The maximum Gasteiger partial charge on any atom is 0.0575 e. The molecule has 1 heterocycles. The van der Waals surface area contributed by atoms with Crippen molar-refractivity contribution in [1.29, 1.82) is 0 Å². The molecule has 0 bridgehead atoms. The molecular weight excluding hydrogens is 174 g/mol. The van der Waals surface area contributed by atoms with Gasteiger partial charge in [0.15, 0.2) is 0 Å². The van der Waals surface area contributed by atoms with E-state index in [1.807, 2.05) is 0 Å². The quantitative estimate of drug-likeness (QED) is 0.701. The van der Waals surface area contributed by atoms with E-state index in [0.29, 0.717) is 6.04 Å². The first-order valence-electron chi connectivity index (χ1n) is 5.64. The summed E-state index contributed by atoms with van der Waals surface area (Å²) in [6, 6.07) is 0.535. The SMILES string of the molecule is CC(C)N1C(C)(C)CC(O)CC1(C)C. The number of likely N-dealkylation sites (tertiary alicyclic amines) is 1. The molecule has 1 N–H and O–H groups in total. The van der Waals surface area contributed by atoms with E-state index in [0.717, 1.165) is 12.8 Å². The van der Waals surface area contributed by atoms with Crippen LogP contribution in [0.1, 0.15) is 54.4 Å². The Labute approximate surface area is 88.3 Å². The molecule has 0 saturated carbocycles. The molecule has 0 aromatic carbocycles. The predicted molar refractivity (Wildman–Crippen MR) is 60.4 cm³/mol. The first kappa shape index (κ1) is 12.0. The van der Waals surface area contributed by atoms with Crippen molar-refractivity contribution in [1.82, 2.24) is 4.90 Å². The van der Waals surface area contributed by atoms with E-state index in [2.05, 4.69) is 46.4 Å². The van der Waals surface area contributed by atoms with Crippen molar-refractivity contribution in [2.75, 3.05) is 0 Å². The molecule has 0 spiro atoms. The van der Waals surface area contributed by atoms with Crippen LogP contribution in [-0.4, -0.2) is 33.2 Å². The number of aliphatic hydroxyl groups is 1. The summed E-state index contributed by atoms with van der Waals surface area (Å²) in [7, 11) is 0. The Morgan fingerprint density at radius 2 is 1.43 bits per heavy atom. The fraction of sp³-hybridized carbons (Fsp3) is 1.00. The van der Waals surface area contributed by atoms with Crippen LogP contribution in [-0.2, 0) is 0 Å². The van der Waals surface area contributed by atoms with Gasteiger partial charge in [-0.3, -0.25) is 4.90 Å². The summed E-state index contributed by atoms with van der Waals surface area (Å²) in [6.45, 7) is 13.4. The third kappa shape index (κ3) is 2.12. The molecule has 0 unspecified atom stereocenters. The standard InChI is InChI=1S/C12H25NO/c1-9(2)13-11(3,4)7-10(14)8-12(13,5)6/h9-10,14H,7-8H2,1-6H3. The van der Waals surface area contributed by atoms with Crippen LogP contribution in [0, 0.1) is 0 Å². The Hall–Kier alpha value is -0.0800. The van der Waals surface area contributed by atoms with Gasteiger partial charge in [-0.2, -0.15) is 0 Å². The van der Waals surface area contributed by atoms with Gasteiger partial charge < -0.3 is 5.11 Å². The summed E-state index contributed by atoms with van der Waals surface area (Å²) in [6.07, 6.45) is 1.62. The van der Waals surface area contributed by atoms with Crippen molar-refractivity contribution < 1.29 is 5.11 Å². The van der Waals surface area contributed by atoms with E-state index in [9.17, 15) is 5.11 Å². The lowest BCUT2D eigenvalue weighted by Crippen LogP contribution is -2.64. The zero-order valence-electron chi connectivity index (χ0n) is 10.5. The average Bonchev–Trinajstić information content (AvgIpc) is 1.75. The zero-order chi connectivity index (χ0) is 11.1. The largest absolute Gasteiger partial charge is 0.393 e. The molecule has 1 aliphatic heterocycles. The van der Waals surface area contributed by atoms with Gasteiger partial charge in [-0.25, -0.2) is 0 Å². The van der Waals surface area contributed by atoms with Crippen LogP contribution in [0.4, 0.5) is 0 Å². The van der Waals surface area contributed by atoms with Gasteiger partial charge in [-0.1, -0.05) is 0 Å². The molecule has 0 aromatic heterocycles. The van der Waals surface area contributed by atoms with Gasteiger partial charge in [-0.05, 0) is 54.4 Å². The summed E-state index contributed by atoms with van der Waals surface area (Å²) in [5.74, 6) is 0. The Morgan fingerprint density at radius 3 is 1.71 bits per heavy atom. The van der Waals surface area contributed by atoms with Gasteiger partial charge in [-0.15, -0.1) is 0 Å². The number of rotatable bonds is 1. The molecule has 2 nitrogen and oxygen atoms in total. The van der Waals surface area contributed by atoms with Gasteiger partial charge in [0.25, 0.3) is 0 Å². The first-order valence-corrected chi connectivity index (χ1v) is 5.64. The van der Waals surface area contributed by atoms with Crippen LogP contribution in [0.5, 0.6) is 0 Å². The molecule has 1 aliphatic rings. The van der Waals surface area contributed by atoms with Gasteiger partial charge in [0.05, 0.1) is 6.10 Å². The van der Waals surface area contributed by atoms with E-state index < -0.39 is 0 Å². The second-order valence-electron chi connectivity index (χ2n) is 6.15. The molecule has 2 heteroatoms. The molecule has 14 heavy (non-hydrogen) atoms. The van der Waals surface area contributed by atoms with Crippen LogP contribution in [0.3, 0.4) is 0 Å². The zero-order valence-corrected chi connectivity index (χ0v) is 10.5. The summed E-state index contributed by atoms with van der Waals surface area (Å²) >= 11 is 0. The molecule has 0 aromatic rings. The molecule has 0 amide bonds. The highest BCUT2D eigenvalue weighted by Crippen LogP contribution is 2.39. The minimum Gasteiger partial charge on any atom is -0.393 e. The van der Waals surface area contributed by atoms with Crippen LogP contribution in [0.15, 0.2) is 0 Å². The normalized spacial score (nSPS) is 28.3. The summed E-state index contributed by atoms with van der Waals surface area (Å²) in [5, 5.41) is 9.85. The lowest BCUT2D eigenvalue weighted by atomic mass is 9.77. The van der Waals surface area contributed by atoms with Gasteiger partial charge in [0, 0.05) is 17.1 Å². The minimum absolute atomic E-state index is 0.106. The van der Waals surface area contributed by atoms with Crippen LogP contribution < -0.4 is 0 Å². The molecule has 0 atom stereocenters. The van der Waals surface area contributed by atoms with Crippen LogP contribution >= 0.6 is 0 Å². The van der Waals surface area contributed by atoms with E-state index in [1.165, 1.54) is 0 Å². The lowest BCUT2D eigenvalue weighted by molar-refractivity contribution is -0.0974. The highest BCUT2D eigenvalue weighted by Gasteiger charge is 2.45. The smallest absolute Gasteiger partial charge is 0.0575 e. The fourth-order valence-electron chi connectivity index (χ4n) is 3.64. The second-order valence-corrected chi connectivity index (χ2v) is 6.15. The Bertz CT molecular complexity index is 190. The van der Waals surface area contributed by atoms with Gasteiger partial charge in [0.1, 0.15) is 0 Å². The third-order valence-electron chi connectivity index (χ3n) is 3.29. The van der Waals surface area contributed by atoms with Crippen LogP contribution in [0.2, 0.25) is 0 Å². The van der Waals surface area contributed by atoms with Crippen molar-refractivity contribution in [3.63, 3.8) is 0 Å². The van der Waals surface area contributed by atoms with E-state index in [4.69, 9.17) is 0 Å². The van der Waals surface area contributed by atoms with Crippen LogP contribution in [0.25, 0.3) is 0 Å². The molecule has 84 valence electrons. The van der Waals surface area contributed by atoms with Crippen molar-refractivity contribution in [3.8, 4) is 0 Å². The molecule has 0 radical (unpaired) electrons. The molecule has 0 aliphatic carbocycles. The minimum atomic E-state index is -0.144. The monoisotopic (exact) mass is 199 g/mol. The van der Waals surface area contributed by atoms with E-state index in [1.54, 1.807) is 0 Å². The highest BCUT2D eigenvalue weighted by molar-refractivity contribution is 5.01. The molecular formula is C12H25NO. The summed E-state index contributed by atoms with van der Waals surface area (Å²) < 4.78 is 0. The fourth-order valence-corrected chi connectivity index (χ4v) is 3.64. The third-order valence-corrected chi connectivity index (χ3v) is 3.29. The lowest BCUT2D eigenvalue weighted by Gasteiger charge is -2.56. The van der Waals surface area contributed by atoms with Crippen molar-refractivity contribution in [2.24, 2.45) is 0 Å². The van der Waals surface area contributed by atoms with Crippen molar-refractivity contribution in [3.05, 3.63) is 0 Å². The topological polar surface area (TPSA) is 23.5 Å². The molecule has 1 fully saturated rings. The summed E-state index contributed by atoms with van der Waals surface area (Å²) in [5.41, 5.74) is 0.213. The Kier molecular flexibility index (Phi) is 2.99. The highest BCUT2D eigenvalue weighted by atomic mass is 16.3. The number of hydrogen-bond donors (Lipinski definition) is 1. The number of hydrogen-bond acceptors (Lipinski definition) is 2. The Morgan fingerprint density at radius 1 is 1.07 bits per heavy atom. The predicted octanol–water partition coefficient (Wildman–Crippen LogP) is 2.41. The molecule has 1 saturated heterocycles. The maximum atomic E-state index is 9.85. The number of piperidine rings is 1. The van der Waals surface area contributed by atoms with Crippen molar-refractivity contribution >= 4 is 0 Å². The molecule has 1 rings (SSSR count). The number of aliphatic hydroxyl groups excluding tert-OH is 1. The number of nitrogens with zero attached hydrogens (tertiary/aromatic N) is 1. The maximum absolute atomic E-state index is 9.85. The van der Waals surface area contributed by atoms with E-state index >= 15 is 0 Å². The average molecular weight is 199 g/mol. The van der Waals surface area contributed by atoms with E-state index in [-0.39, 0.29) is 17.2 Å². The second kappa shape index (κ2) is 3.49. The first-order chi connectivity index (χ1) is 6.17. The van der Waals surface area contributed by atoms with Gasteiger partial charge >= 0.3 is 0 Å². The van der Waals surface area contributed by atoms with Crippen molar-refractivity contribution in [2.45, 2.75) is 77.6 Å². The Balaban J connectivity index is 2.97. The summed E-state index contributed by atoms with van der Waals surface area (Å²) in [4.78, 5) is 2.53. The van der Waals surface area contributed by atoms with Gasteiger partial charge in [0.2, 0.25) is 0 Å².